The van der Waals surface area contributed by atoms with Crippen molar-refractivity contribution >= 4 is 11.8 Å². The third-order valence-electron chi connectivity index (χ3n) is 15.3. The van der Waals surface area contributed by atoms with Crippen LogP contribution >= 0.6 is 0 Å². The smallest absolute Gasteiger partial charge is 0.269 e. The van der Waals surface area contributed by atoms with Gasteiger partial charge in [0.2, 0.25) is 0 Å². The number of benzene rings is 1. The van der Waals surface area contributed by atoms with Crippen LogP contribution in [0.3, 0.4) is 0 Å². The summed E-state index contributed by atoms with van der Waals surface area (Å²) in [5.74, 6) is 3.22. The van der Waals surface area contributed by atoms with Crippen molar-refractivity contribution in [2.75, 3.05) is 18.0 Å². The van der Waals surface area contributed by atoms with Gasteiger partial charge in [0.05, 0.1) is 12.6 Å². The van der Waals surface area contributed by atoms with E-state index in [0.29, 0.717) is 11.0 Å². The molecule has 258 valence electrons. The summed E-state index contributed by atoms with van der Waals surface area (Å²) in [6.07, 6.45) is 31.7. The fourth-order valence-corrected chi connectivity index (χ4v) is 12.0. The van der Waals surface area contributed by atoms with E-state index in [9.17, 15) is 5.26 Å². The van der Waals surface area contributed by atoms with Gasteiger partial charge in [-0.05, 0) is 151 Å². The second-order valence-corrected chi connectivity index (χ2v) is 17.8. The van der Waals surface area contributed by atoms with Crippen molar-refractivity contribution in [3.8, 4) is 6.07 Å². The van der Waals surface area contributed by atoms with E-state index >= 15 is 0 Å². The van der Waals surface area contributed by atoms with Crippen molar-refractivity contribution in [2.24, 2.45) is 22.7 Å². The Hall–Kier alpha value is -3.24. The van der Waals surface area contributed by atoms with E-state index in [-0.39, 0.29) is 21.9 Å². The highest BCUT2D eigenvalue weighted by Crippen LogP contribution is 2.63. The predicted molar refractivity (Wildman–Crippen MR) is 200 cm³/mol. The number of rotatable bonds is 7. The first-order valence-corrected chi connectivity index (χ1v) is 20.0. The molecule has 49 heavy (non-hydrogen) atoms. The molecule has 0 radical (unpaired) electrons. The van der Waals surface area contributed by atoms with E-state index < -0.39 is 0 Å². The molecule has 5 fully saturated rings. The number of nitrogens with zero attached hydrogens (tertiary/aromatic N) is 3. The van der Waals surface area contributed by atoms with Gasteiger partial charge in [0.15, 0.2) is 0 Å². The molecular formula is C45H57N3O. The highest BCUT2D eigenvalue weighted by atomic mass is 16.5. The summed E-state index contributed by atoms with van der Waals surface area (Å²) in [7, 11) is 0. The van der Waals surface area contributed by atoms with Gasteiger partial charge in [0.25, 0.3) is 5.70 Å². The van der Waals surface area contributed by atoms with Crippen LogP contribution in [-0.4, -0.2) is 13.1 Å². The van der Waals surface area contributed by atoms with Crippen molar-refractivity contribution < 1.29 is 4.74 Å². The van der Waals surface area contributed by atoms with Gasteiger partial charge in [-0.25, -0.2) is 10.1 Å². The average Bonchev–Trinajstić information content (AvgIpc) is 3.13. The molecule has 4 unspecified atom stereocenters. The number of anilines is 1. The van der Waals surface area contributed by atoms with Gasteiger partial charge in [0.1, 0.15) is 11.5 Å². The molecular weight excluding hydrogens is 599 g/mol. The predicted octanol–water partition coefficient (Wildman–Crippen LogP) is 11.8. The van der Waals surface area contributed by atoms with Gasteiger partial charge in [-0.2, -0.15) is 0 Å². The van der Waals surface area contributed by atoms with E-state index in [1.807, 2.05) is 6.08 Å². The molecule has 0 spiro atoms. The van der Waals surface area contributed by atoms with E-state index in [2.05, 4.69) is 66.9 Å². The molecule has 0 aromatic heterocycles. The summed E-state index contributed by atoms with van der Waals surface area (Å²) >= 11 is 0. The Labute approximate surface area is 296 Å². The van der Waals surface area contributed by atoms with Gasteiger partial charge in [0, 0.05) is 24.2 Å². The molecule has 0 amide bonds. The molecule has 3 heterocycles. The van der Waals surface area contributed by atoms with Crippen LogP contribution in [0.25, 0.3) is 10.9 Å². The third-order valence-corrected chi connectivity index (χ3v) is 15.3. The van der Waals surface area contributed by atoms with Gasteiger partial charge in [-0.3, -0.25) is 0 Å². The lowest BCUT2D eigenvalue weighted by atomic mass is 9.52. The maximum absolute atomic E-state index is 9.93. The Balaban J connectivity index is 1.14. The first-order valence-electron chi connectivity index (χ1n) is 20.0. The summed E-state index contributed by atoms with van der Waals surface area (Å²) in [6.45, 7) is 17.7. The van der Waals surface area contributed by atoms with Gasteiger partial charge in [-0.1, -0.05) is 71.8 Å². The van der Waals surface area contributed by atoms with Gasteiger partial charge < -0.3 is 9.64 Å². The normalized spacial score (nSPS) is 37.1. The minimum atomic E-state index is 0.0162. The van der Waals surface area contributed by atoms with Crippen LogP contribution in [0, 0.1) is 40.6 Å². The molecule has 0 saturated heterocycles. The lowest BCUT2D eigenvalue weighted by Crippen LogP contribution is -2.55. The monoisotopic (exact) mass is 655 g/mol. The van der Waals surface area contributed by atoms with Crippen LogP contribution in [0.1, 0.15) is 153 Å². The van der Waals surface area contributed by atoms with Crippen LogP contribution in [0.2, 0.25) is 0 Å². The average molecular weight is 656 g/mol. The highest BCUT2D eigenvalue weighted by molar-refractivity contribution is 5.73. The Morgan fingerprint density at radius 1 is 0.898 bits per heavy atom. The van der Waals surface area contributed by atoms with Gasteiger partial charge >= 0.3 is 0 Å². The number of hydrogen-bond donors (Lipinski definition) is 0. The standard InChI is InChI=1S/C45H57N3O/c1-5-6-9-18-44-19-22-45(23-20-44,24-21-44)40-28-33(39(29-46)47-4)27-36(49-40)15-14-32-25-37-41-38(26-32)43(3)17-11-8-13-35(43)31-48(41)30-34-12-7-10-16-42(34,37)2/h14-15,25-28,34-35H,5-13,16-24,30-31H2,1-3H3/b15-14+,39-33+. The Morgan fingerprint density at radius 2 is 1.53 bits per heavy atom. The van der Waals surface area contributed by atoms with Crippen molar-refractivity contribution in [1.82, 2.24) is 0 Å². The number of unbranched alkanes of at least 4 members (excludes halogenated alkanes) is 2. The molecule has 0 N–H and O–H groups in total. The lowest BCUT2D eigenvalue weighted by Gasteiger charge is -2.58. The van der Waals surface area contributed by atoms with E-state index in [1.54, 1.807) is 16.8 Å². The van der Waals surface area contributed by atoms with E-state index in [1.165, 1.54) is 115 Å². The molecule has 4 atom stereocenters. The zero-order valence-electron chi connectivity index (χ0n) is 30.5. The summed E-state index contributed by atoms with van der Waals surface area (Å²) < 4.78 is 6.86. The number of ether oxygens (including phenoxy) is 1. The first-order chi connectivity index (χ1) is 23.7. The molecule has 2 bridgehead atoms. The van der Waals surface area contributed by atoms with Crippen LogP contribution in [0.4, 0.5) is 5.69 Å². The zero-order valence-corrected chi connectivity index (χ0v) is 30.5. The molecule has 4 heteroatoms. The Bertz CT molecular complexity index is 1620. The van der Waals surface area contributed by atoms with Crippen molar-refractivity contribution in [1.29, 1.82) is 5.26 Å². The SMILES string of the molecule is [C-]#[N+]/C(C#N)=C1C=C(/C=C/c2cc3c4c(c2)C2(C)CCCCC2CN4CC2CCCCC32C)OC(C23CCC(CCCCC)(CC2)CC3)=C\1. The summed E-state index contributed by atoms with van der Waals surface area (Å²) in [5, 5.41) is 9.93. The first kappa shape index (κ1) is 32.9. The van der Waals surface area contributed by atoms with Crippen molar-refractivity contribution in [3.05, 3.63) is 81.3 Å². The Morgan fingerprint density at radius 3 is 2.10 bits per heavy atom. The second kappa shape index (κ2) is 12.5. The number of allylic oxidation sites excluding steroid dienone is 6. The minimum absolute atomic E-state index is 0.0162. The molecule has 1 aromatic carbocycles. The summed E-state index contributed by atoms with van der Waals surface area (Å²) in [6, 6.07) is 7.25. The van der Waals surface area contributed by atoms with Gasteiger partial charge in [-0.15, -0.1) is 0 Å². The minimum Gasteiger partial charge on any atom is -0.461 e. The molecule has 5 saturated carbocycles. The number of hydrogen-bond acceptors (Lipinski definition) is 3. The quantitative estimate of drug-likeness (QED) is 0.167. The van der Waals surface area contributed by atoms with Crippen LogP contribution in [0.15, 0.2) is 53.1 Å². The van der Waals surface area contributed by atoms with Crippen LogP contribution in [0.5, 0.6) is 0 Å². The second-order valence-electron chi connectivity index (χ2n) is 17.8. The summed E-state index contributed by atoms with van der Waals surface area (Å²) in [5.41, 5.74) is 7.91. The Kier molecular flexibility index (Phi) is 8.41. The van der Waals surface area contributed by atoms with Crippen LogP contribution in [-0.2, 0) is 15.6 Å². The number of fused-ring (bicyclic) bond motifs is 7. The van der Waals surface area contributed by atoms with Crippen LogP contribution < -0.4 is 4.90 Å². The fraction of sp³-hybridized carbons (Fsp3) is 0.644. The van der Waals surface area contributed by atoms with E-state index in [0.717, 1.165) is 42.6 Å². The third kappa shape index (κ3) is 5.43. The maximum atomic E-state index is 9.93. The molecule has 8 aliphatic rings. The van der Waals surface area contributed by atoms with Crippen molar-refractivity contribution in [2.45, 2.75) is 147 Å². The number of nitriles is 1. The lowest BCUT2D eigenvalue weighted by molar-refractivity contribution is -0.0195. The van der Waals surface area contributed by atoms with Crippen molar-refractivity contribution in [3.63, 3.8) is 0 Å². The summed E-state index contributed by atoms with van der Waals surface area (Å²) in [4.78, 5) is 6.46. The molecule has 1 aromatic rings. The molecule has 5 aliphatic carbocycles. The molecule has 9 rings (SSSR count). The fourth-order valence-electron chi connectivity index (χ4n) is 12.0. The maximum Gasteiger partial charge on any atom is 0.269 e. The highest BCUT2D eigenvalue weighted by Gasteiger charge is 2.53. The van der Waals surface area contributed by atoms with E-state index in [4.69, 9.17) is 11.3 Å². The zero-order chi connectivity index (χ0) is 33.9. The molecule has 4 nitrogen and oxygen atoms in total. The molecule has 3 aliphatic heterocycles. The largest absolute Gasteiger partial charge is 0.461 e. The topological polar surface area (TPSA) is 40.6 Å².